The minimum atomic E-state index is -0.765. The van der Waals surface area contributed by atoms with Crippen molar-refractivity contribution < 1.29 is 4.42 Å². The Morgan fingerprint density at radius 1 is 1.19 bits per heavy atom. The standard InChI is InChI=1S/C18H24N6OS/c19-11-15(12-20)18-22-4-6-24(18)5-3-21-13-16-1-2-17(25-16)14-23-7-9-26-10-8-23/h1-2,15,21H,3-10,13-14H2. The van der Waals surface area contributed by atoms with Crippen molar-refractivity contribution in [3.63, 3.8) is 0 Å². The summed E-state index contributed by atoms with van der Waals surface area (Å²) in [6.07, 6.45) is 0. The van der Waals surface area contributed by atoms with Crippen LogP contribution in [0.5, 0.6) is 0 Å². The molecule has 2 aliphatic heterocycles. The molecule has 1 saturated heterocycles. The molecule has 1 fully saturated rings. The van der Waals surface area contributed by atoms with Gasteiger partial charge in [-0.05, 0) is 12.1 Å². The quantitative estimate of drug-likeness (QED) is 0.688. The van der Waals surface area contributed by atoms with E-state index in [0.29, 0.717) is 18.9 Å². The maximum atomic E-state index is 9.03. The van der Waals surface area contributed by atoms with E-state index in [4.69, 9.17) is 14.9 Å². The Morgan fingerprint density at radius 2 is 1.96 bits per heavy atom. The van der Waals surface area contributed by atoms with Crippen molar-refractivity contribution in [2.24, 2.45) is 10.9 Å². The highest BCUT2D eigenvalue weighted by atomic mass is 32.2. The molecule has 0 unspecified atom stereocenters. The number of nitrogens with one attached hydrogen (secondary N) is 1. The summed E-state index contributed by atoms with van der Waals surface area (Å²) in [5, 5.41) is 21.4. The van der Waals surface area contributed by atoms with E-state index in [2.05, 4.69) is 21.3 Å². The number of thioether (sulfide) groups is 1. The van der Waals surface area contributed by atoms with Crippen molar-refractivity contribution in [3.05, 3.63) is 23.7 Å². The molecule has 0 atom stereocenters. The maximum absolute atomic E-state index is 9.03. The SMILES string of the molecule is N#CC(C#N)C1=NCCN1CCNCc1ccc(CN2CCSCC2)o1. The smallest absolute Gasteiger partial charge is 0.189 e. The first-order valence-electron chi connectivity index (χ1n) is 8.97. The minimum absolute atomic E-state index is 0.608. The van der Waals surface area contributed by atoms with E-state index in [0.717, 1.165) is 50.8 Å². The predicted molar refractivity (Wildman–Crippen MR) is 102 cm³/mol. The molecule has 0 aromatic carbocycles. The van der Waals surface area contributed by atoms with Crippen molar-refractivity contribution in [1.82, 2.24) is 15.1 Å². The summed E-state index contributed by atoms with van der Waals surface area (Å²) in [5.74, 6) is 4.21. The summed E-state index contributed by atoms with van der Waals surface area (Å²) in [5.41, 5.74) is 0. The van der Waals surface area contributed by atoms with E-state index in [1.165, 1.54) is 11.5 Å². The molecule has 26 heavy (non-hydrogen) atoms. The second-order valence-electron chi connectivity index (χ2n) is 6.35. The lowest BCUT2D eigenvalue weighted by molar-refractivity contribution is 0.263. The van der Waals surface area contributed by atoms with Crippen LogP contribution < -0.4 is 5.32 Å². The number of furan rings is 1. The second kappa shape index (κ2) is 9.63. The number of nitrogens with zero attached hydrogens (tertiary/aromatic N) is 5. The fourth-order valence-corrected chi connectivity index (χ4v) is 4.13. The molecule has 0 aliphatic carbocycles. The van der Waals surface area contributed by atoms with Crippen molar-refractivity contribution in [3.8, 4) is 12.1 Å². The molecule has 3 rings (SSSR count). The predicted octanol–water partition coefficient (Wildman–Crippen LogP) is 1.30. The summed E-state index contributed by atoms with van der Waals surface area (Å²) in [6, 6.07) is 8.10. The first kappa shape index (κ1) is 18.8. The Kier molecular flexibility index (Phi) is 6.96. The molecule has 1 N–H and O–H groups in total. The summed E-state index contributed by atoms with van der Waals surface area (Å²) < 4.78 is 5.92. The summed E-state index contributed by atoms with van der Waals surface area (Å²) >= 11 is 2.01. The molecule has 0 spiro atoms. The zero-order valence-electron chi connectivity index (χ0n) is 14.9. The van der Waals surface area contributed by atoms with Crippen LogP contribution in [-0.2, 0) is 13.1 Å². The number of rotatable bonds is 8. The van der Waals surface area contributed by atoms with Gasteiger partial charge in [-0.1, -0.05) is 0 Å². The first-order valence-corrected chi connectivity index (χ1v) is 10.1. The van der Waals surface area contributed by atoms with Crippen LogP contribution in [0.15, 0.2) is 21.5 Å². The molecule has 7 nitrogen and oxygen atoms in total. The van der Waals surface area contributed by atoms with Crippen LogP contribution in [0, 0.1) is 28.6 Å². The lowest BCUT2D eigenvalue weighted by Crippen LogP contribution is -2.37. The molecule has 0 amide bonds. The van der Waals surface area contributed by atoms with Gasteiger partial charge in [0.15, 0.2) is 5.92 Å². The molecule has 8 heteroatoms. The van der Waals surface area contributed by atoms with E-state index in [1.54, 1.807) is 0 Å². The molecule has 0 saturated carbocycles. The average Bonchev–Trinajstić information content (AvgIpc) is 3.31. The minimum Gasteiger partial charge on any atom is -0.463 e. The lowest BCUT2D eigenvalue weighted by atomic mass is 10.1. The molecular weight excluding hydrogens is 348 g/mol. The van der Waals surface area contributed by atoms with Gasteiger partial charge in [0.05, 0.1) is 31.8 Å². The van der Waals surface area contributed by atoms with Gasteiger partial charge in [0.1, 0.15) is 17.4 Å². The fraction of sp³-hybridized carbons (Fsp3) is 0.611. The van der Waals surface area contributed by atoms with Crippen LogP contribution in [0.1, 0.15) is 11.5 Å². The number of nitriles is 2. The van der Waals surface area contributed by atoms with Gasteiger partial charge in [-0.3, -0.25) is 9.89 Å². The number of hydrogen-bond donors (Lipinski definition) is 1. The van der Waals surface area contributed by atoms with Crippen molar-refractivity contribution in [2.45, 2.75) is 13.1 Å². The van der Waals surface area contributed by atoms with Gasteiger partial charge >= 0.3 is 0 Å². The third kappa shape index (κ3) is 5.01. The topological polar surface area (TPSA) is 91.6 Å². The van der Waals surface area contributed by atoms with Crippen LogP contribution in [-0.4, -0.2) is 66.4 Å². The van der Waals surface area contributed by atoms with Gasteiger partial charge in [0.2, 0.25) is 0 Å². The zero-order chi connectivity index (χ0) is 18.2. The van der Waals surface area contributed by atoms with Crippen LogP contribution in [0.4, 0.5) is 0 Å². The number of aliphatic imine (C=N–C) groups is 1. The van der Waals surface area contributed by atoms with E-state index in [-0.39, 0.29) is 0 Å². The third-order valence-corrected chi connectivity index (χ3v) is 5.48. The summed E-state index contributed by atoms with van der Waals surface area (Å²) in [6.45, 7) is 6.74. The molecule has 3 heterocycles. The highest BCUT2D eigenvalue weighted by Crippen LogP contribution is 2.15. The largest absolute Gasteiger partial charge is 0.463 e. The Morgan fingerprint density at radius 3 is 2.73 bits per heavy atom. The van der Waals surface area contributed by atoms with Crippen LogP contribution in [0.2, 0.25) is 0 Å². The molecule has 1 aromatic heterocycles. The Hall–Kier alpha value is -2.00. The maximum Gasteiger partial charge on any atom is 0.189 e. The third-order valence-electron chi connectivity index (χ3n) is 4.54. The van der Waals surface area contributed by atoms with Crippen LogP contribution in [0.25, 0.3) is 0 Å². The van der Waals surface area contributed by atoms with Gasteiger partial charge in [-0.25, -0.2) is 0 Å². The molecule has 0 bridgehead atoms. The Balaban J connectivity index is 1.38. The van der Waals surface area contributed by atoms with E-state index in [1.807, 2.05) is 34.9 Å². The number of amidine groups is 1. The van der Waals surface area contributed by atoms with Gasteiger partial charge < -0.3 is 14.6 Å². The summed E-state index contributed by atoms with van der Waals surface area (Å²) in [7, 11) is 0. The van der Waals surface area contributed by atoms with Crippen molar-refractivity contribution in [1.29, 1.82) is 10.5 Å². The first-order chi connectivity index (χ1) is 12.8. The van der Waals surface area contributed by atoms with Gasteiger partial charge in [-0.15, -0.1) is 0 Å². The zero-order valence-corrected chi connectivity index (χ0v) is 15.7. The van der Waals surface area contributed by atoms with Gasteiger partial charge in [0.25, 0.3) is 0 Å². The highest BCUT2D eigenvalue weighted by Gasteiger charge is 2.24. The second-order valence-corrected chi connectivity index (χ2v) is 7.58. The van der Waals surface area contributed by atoms with Gasteiger partial charge in [-0.2, -0.15) is 22.3 Å². The van der Waals surface area contributed by atoms with Crippen molar-refractivity contribution in [2.75, 3.05) is 50.8 Å². The molecular formula is C18H24N6OS. The van der Waals surface area contributed by atoms with E-state index >= 15 is 0 Å². The number of hydrogen-bond acceptors (Lipinski definition) is 8. The molecule has 138 valence electrons. The van der Waals surface area contributed by atoms with Crippen LogP contribution in [0.3, 0.4) is 0 Å². The molecule has 0 radical (unpaired) electrons. The Labute approximate surface area is 158 Å². The monoisotopic (exact) mass is 372 g/mol. The normalized spacial score (nSPS) is 18.0. The van der Waals surface area contributed by atoms with Crippen molar-refractivity contribution >= 4 is 17.6 Å². The summed E-state index contributed by atoms with van der Waals surface area (Å²) in [4.78, 5) is 8.75. The van der Waals surface area contributed by atoms with E-state index in [9.17, 15) is 0 Å². The van der Waals surface area contributed by atoms with Gasteiger partial charge in [0, 0.05) is 44.2 Å². The van der Waals surface area contributed by atoms with E-state index < -0.39 is 5.92 Å². The average molecular weight is 372 g/mol. The molecule has 1 aromatic rings. The Bertz CT molecular complexity index is 683. The van der Waals surface area contributed by atoms with Crippen LogP contribution >= 0.6 is 11.8 Å². The molecule has 2 aliphatic rings. The highest BCUT2D eigenvalue weighted by molar-refractivity contribution is 7.99. The lowest BCUT2D eigenvalue weighted by Gasteiger charge is -2.24. The fourth-order valence-electron chi connectivity index (χ4n) is 3.15.